The molecule has 19 heavy (non-hydrogen) atoms. The first-order chi connectivity index (χ1) is 9.04. The van der Waals surface area contributed by atoms with Gasteiger partial charge in [0.2, 0.25) is 0 Å². The van der Waals surface area contributed by atoms with Crippen LogP contribution in [0.15, 0.2) is 18.2 Å². The normalized spacial score (nSPS) is 18.1. The summed E-state index contributed by atoms with van der Waals surface area (Å²) < 4.78 is 13.0. The number of nitrogens with two attached hydrogens (primary N) is 1. The number of hydrogen-bond donors (Lipinski definition) is 1. The molecule has 0 atom stereocenters. The predicted molar refractivity (Wildman–Crippen MR) is 77.4 cm³/mol. The highest BCUT2D eigenvalue weighted by Crippen LogP contribution is 2.21. The summed E-state index contributed by atoms with van der Waals surface area (Å²) in [6.45, 7) is 4.22. The number of nitrogen functional groups attached to an aromatic ring is 1. The molecule has 1 saturated heterocycles. The Labute approximate surface area is 115 Å². The Balaban J connectivity index is 1.85. The van der Waals surface area contributed by atoms with Crippen LogP contribution >= 0.6 is 0 Å². The van der Waals surface area contributed by atoms with Crippen molar-refractivity contribution in [3.63, 3.8) is 0 Å². The summed E-state index contributed by atoms with van der Waals surface area (Å²) in [5.41, 5.74) is 7.46. The fourth-order valence-electron chi connectivity index (χ4n) is 2.79. The first kappa shape index (κ1) is 14.3. The zero-order valence-electron chi connectivity index (χ0n) is 11.9. The minimum atomic E-state index is -0.258. The molecule has 2 N–H and O–H groups in total. The molecular formula is C15H24FN3. The summed E-state index contributed by atoms with van der Waals surface area (Å²) in [4.78, 5) is 4.67. The molecular weight excluding hydrogens is 241 g/mol. The molecule has 0 spiro atoms. The third kappa shape index (κ3) is 4.18. The van der Waals surface area contributed by atoms with Crippen molar-refractivity contribution in [1.82, 2.24) is 9.80 Å². The number of rotatable bonds is 4. The molecule has 0 bridgehead atoms. The second-order valence-corrected chi connectivity index (χ2v) is 5.82. The number of anilines is 1. The van der Waals surface area contributed by atoms with Crippen LogP contribution in [0.5, 0.6) is 0 Å². The van der Waals surface area contributed by atoms with E-state index >= 15 is 0 Å². The second-order valence-electron chi connectivity index (χ2n) is 5.82. The summed E-state index contributed by atoms with van der Waals surface area (Å²) in [6, 6.07) is 4.70. The molecule has 2 rings (SSSR count). The van der Waals surface area contributed by atoms with Gasteiger partial charge in [0.05, 0.1) is 0 Å². The van der Waals surface area contributed by atoms with Gasteiger partial charge in [-0.3, -0.25) is 4.90 Å². The lowest BCUT2D eigenvalue weighted by Crippen LogP contribution is -2.36. The van der Waals surface area contributed by atoms with E-state index in [9.17, 15) is 4.39 Å². The molecule has 0 saturated carbocycles. The van der Waals surface area contributed by atoms with Crippen LogP contribution in [0.3, 0.4) is 0 Å². The Hall–Kier alpha value is -1.13. The minimum Gasteiger partial charge on any atom is -0.398 e. The van der Waals surface area contributed by atoms with Gasteiger partial charge in [0.1, 0.15) is 5.82 Å². The van der Waals surface area contributed by atoms with Crippen molar-refractivity contribution >= 4 is 5.69 Å². The Morgan fingerprint density at radius 2 is 2.00 bits per heavy atom. The minimum absolute atomic E-state index is 0.258. The second kappa shape index (κ2) is 6.35. The van der Waals surface area contributed by atoms with Crippen LogP contribution in [0.25, 0.3) is 0 Å². The van der Waals surface area contributed by atoms with Crippen LogP contribution in [-0.2, 0) is 6.54 Å². The van der Waals surface area contributed by atoms with Crippen molar-refractivity contribution in [2.45, 2.75) is 19.4 Å². The van der Waals surface area contributed by atoms with Crippen LogP contribution < -0.4 is 5.73 Å². The van der Waals surface area contributed by atoms with Gasteiger partial charge in [0.25, 0.3) is 0 Å². The van der Waals surface area contributed by atoms with E-state index in [1.807, 2.05) is 0 Å². The summed E-state index contributed by atoms with van der Waals surface area (Å²) in [6.07, 6.45) is 2.47. The molecule has 0 unspecified atom stereocenters. The summed E-state index contributed by atoms with van der Waals surface area (Å²) in [7, 11) is 4.26. The first-order valence-electron chi connectivity index (χ1n) is 6.95. The van der Waals surface area contributed by atoms with Gasteiger partial charge >= 0.3 is 0 Å². The number of piperidine rings is 1. The Bertz CT molecular complexity index is 412. The standard InChI is InChI=1S/C15H24FN3/c1-18(2)10-12-5-7-19(8-6-12)11-13-3-4-14(16)9-15(13)17/h3-4,9,12H,5-8,10-11,17H2,1-2H3. The van der Waals surface area contributed by atoms with E-state index in [-0.39, 0.29) is 5.82 Å². The van der Waals surface area contributed by atoms with E-state index < -0.39 is 0 Å². The molecule has 1 fully saturated rings. The highest BCUT2D eigenvalue weighted by Gasteiger charge is 2.20. The van der Waals surface area contributed by atoms with E-state index in [0.717, 1.165) is 31.1 Å². The van der Waals surface area contributed by atoms with Crippen molar-refractivity contribution in [3.05, 3.63) is 29.6 Å². The first-order valence-corrected chi connectivity index (χ1v) is 6.95. The van der Waals surface area contributed by atoms with Crippen molar-refractivity contribution in [3.8, 4) is 0 Å². The topological polar surface area (TPSA) is 32.5 Å². The SMILES string of the molecule is CN(C)CC1CCN(Cc2ccc(F)cc2N)CC1. The molecule has 4 heteroatoms. The maximum atomic E-state index is 13.0. The number of nitrogens with zero attached hydrogens (tertiary/aromatic N) is 2. The average molecular weight is 265 g/mol. The zero-order valence-corrected chi connectivity index (χ0v) is 11.9. The molecule has 3 nitrogen and oxygen atoms in total. The van der Waals surface area contributed by atoms with Gasteiger partial charge in [-0.25, -0.2) is 4.39 Å². The van der Waals surface area contributed by atoms with Gasteiger partial charge < -0.3 is 10.6 Å². The smallest absolute Gasteiger partial charge is 0.125 e. The fourth-order valence-corrected chi connectivity index (χ4v) is 2.79. The highest BCUT2D eigenvalue weighted by molar-refractivity contribution is 5.46. The Kier molecular flexibility index (Phi) is 4.77. The molecule has 1 aromatic rings. The van der Waals surface area contributed by atoms with E-state index in [2.05, 4.69) is 23.9 Å². The van der Waals surface area contributed by atoms with Crippen molar-refractivity contribution in [1.29, 1.82) is 0 Å². The van der Waals surface area contributed by atoms with E-state index in [1.54, 1.807) is 6.07 Å². The summed E-state index contributed by atoms with van der Waals surface area (Å²) in [5, 5.41) is 0. The van der Waals surface area contributed by atoms with Crippen LogP contribution in [-0.4, -0.2) is 43.5 Å². The van der Waals surface area contributed by atoms with Crippen LogP contribution in [0.1, 0.15) is 18.4 Å². The van der Waals surface area contributed by atoms with Gasteiger partial charge in [0.15, 0.2) is 0 Å². The van der Waals surface area contributed by atoms with E-state index in [0.29, 0.717) is 5.69 Å². The maximum Gasteiger partial charge on any atom is 0.125 e. The van der Waals surface area contributed by atoms with Gasteiger partial charge in [-0.1, -0.05) is 6.07 Å². The molecule has 0 radical (unpaired) electrons. The maximum absolute atomic E-state index is 13.0. The Morgan fingerprint density at radius 3 is 2.58 bits per heavy atom. The summed E-state index contributed by atoms with van der Waals surface area (Å²) >= 11 is 0. The highest BCUT2D eigenvalue weighted by atomic mass is 19.1. The van der Waals surface area contributed by atoms with Crippen molar-refractivity contribution < 1.29 is 4.39 Å². The van der Waals surface area contributed by atoms with Crippen LogP contribution in [0.4, 0.5) is 10.1 Å². The number of halogens is 1. The third-order valence-electron chi connectivity index (χ3n) is 3.83. The molecule has 1 aliphatic heterocycles. The van der Waals surface area contributed by atoms with Crippen LogP contribution in [0, 0.1) is 11.7 Å². The molecule has 1 heterocycles. The van der Waals surface area contributed by atoms with Crippen LogP contribution in [0.2, 0.25) is 0 Å². The number of likely N-dealkylation sites (tertiary alicyclic amines) is 1. The average Bonchev–Trinajstić information content (AvgIpc) is 2.34. The largest absolute Gasteiger partial charge is 0.398 e. The zero-order chi connectivity index (χ0) is 13.8. The van der Waals surface area contributed by atoms with E-state index in [1.165, 1.54) is 31.5 Å². The molecule has 1 aromatic carbocycles. The molecule has 0 aromatic heterocycles. The lowest BCUT2D eigenvalue weighted by atomic mass is 9.96. The van der Waals surface area contributed by atoms with Gasteiger partial charge in [-0.15, -0.1) is 0 Å². The van der Waals surface area contributed by atoms with Crippen molar-refractivity contribution in [2.24, 2.45) is 5.92 Å². The summed E-state index contributed by atoms with van der Waals surface area (Å²) in [5.74, 6) is 0.544. The van der Waals surface area contributed by atoms with Gasteiger partial charge in [-0.2, -0.15) is 0 Å². The monoisotopic (exact) mass is 265 g/mol. The van der Waals surface area contributed by atoms with Crippen molar-refractivity contribution in [2.75, 3.05) is 39.5 Å². The molecule has 106 valence electrons. The van der Waals surface area contributed by atoms with Gasteiger partial charge in [-0.05, 0) is 63.6 Å². The lowest BCUT2D eigenvalue weighted by Gasteiger charge is -2.33. The lowest BCUT2D eigenvalue weighted by molar-refractivity contribution is 0.157. The molecule has 1 aliphatic rings. The fraction of sp³-hybridized carbons (Fsp3) is 0.600. The quantitative estimate of drug-likeness (QED) is 0.847. The third-order valence-corrected chi connectivity index (χ3v) is 3.83. The van der Waals surface area contributed by atoms with E-state index in [4.69, 9.17) is 5.73 Å². The molecule has 0 amide bonds. The predicted octanol–water partition coefficient (Wildman–Crippen LogP) is 2.18. The number of benzene rings is 1. The number of hydrogen-bond acceptors (Lipinski definition) is 3. The molecule has 0 aliphatic carbocycles. The Morgan fingerprint density at radius 1 is 1.32 bits per heavy atom. The van der Waals surface area contributed by atoms with Gasteiger partial charge in [0, 0.05) is 18.8 Å².